The summed E-state index contributed by atoms with van der Waals surface area (Å²) in [5.41, 5.74) is 0.740. The molecule has 1 aromatic rings. The van der Waals surface area contributed by atoms with E-state index in [9.17, 15) is 33.9 Å². The zero-order chi connectivity index (χ0) is 27.0. The van der Waals surface area contributed by atoms with Crippen LogP contribution in [0.5, 0.6) is 0 Å². The molecule has 1 aromatic carbocycles. The van der Waals surface area contributed by atoms with E-state index in [1.54, 1.807) is 30.3 Å². The largest absolute Gasteiger partial charge is 0.480 e. The second-order valence-electron chi connectivity index (χ2n) is 7.84. The number of nitrogens with one attached hydrogen (secondary N) is 3. The summed E-state index contributed by atoms with van der Waals surface area (Å²) in [7, 11) is 0. The predicted octanol–water partition coefficient (Wildman–Crippen LogP) is -1.62. The van der Waals surface area contributed by atoms with Crippen molar-refractivity contribution in [1.29, 1.82) is 0 Å². The van der Waals surface area contributed by atoms with Crippen molar-refractivity contribution in [3.8, 4) is 0 Å². The molecule has 0 radical (unpaired) electrons. The number of hydrogen-bond acceptors (Lipinski definition) is 8. The summed E-state index contributed by atoms with van der Waals surface area (Å²) in [6, 6.07) is 7.66. The minimum absolute atomic E-state index is 0.00397. The van der Waals surface area contributed by atoms with Gasteiger partial charge in [0.25, 0.3) is 11.8 Å². The van der Waals surface area contributed by atoms with E-state index in [0.29, 0.717) is 0 Å². The molecule has 0 unspecified atom stereocenters. The summed E-state index contributed by atoms with van der Waals surface area (Å²) < 4.78 is 10.5. The molecule has 200 valence electrons. The van der Waals surface area contributed by atoms with Crippen molar-refractivity contribution in [2.24, 2.45) is 0 Å². The summed E-state index contributed by atoms with van der Waals surface area (Å²) in [6.45, 7) is 0.0147. The third-order valence-electron chi connectivity index (χ3n) is 5.01. The molecule has 2 rings (SSSR count). The number of rotatable bonds is 17. The Labute approximate surface area is 213 Å². The standard InChI is InChI=1S/C24H30N4O9/c29-19(8-10-36-12-13-37-11-9-28-22(32)6-7-23(28)33)25-15-20(30)26-16-21(31)27-18(24(34)35)14-17-4-2-1-3-5-17/h1-7,18H,8-16H2,(H,25,29)(H,26,30)(H,27,31)(H,34,35)/t18-/m0/s1. The van der Waals surface area contributed by atoms with Crippen LogP contribution in [0.15, 0.2) is 42.5 Å². The van der Waals surface area contributed by atoms with Gasteiger partial charge in [-0.3, -0.25) is 28.9 Å². The second kappa shape index (κ2) is 15.8. The fourth-order valence-corrected chi connectivity index (χ4v) is 3.10. The molecule has 0 fully saturated rings. The highest BCUT2D eigenvalue weighted by atomic mass is 16.5. The van der Waals surface area contributed by atoms with Crippen LogP contribution in [0, 0.1) is 0 Å². The molecule has 0 saturated carbocycles. The SMILES string of the molecule is O=C(CCOCCOCCN1C(=O)C=CC1=O)NCC(=O)NCC(=O)N[C@@H](Cc1ccccc1)C(=O)O. The number of imide groups is 1. The molecule has 1 aliphatic rings. The normalized spacial score (nSPS) is 13.4. The lowest BCUT2D eigenvalue weighted by atomic mass is 10.1. The zero-order valence-electron chi connectivity index (χ0n) is 20.1. The Kier molecular flexibility index (Phi) is 12.4. The van der Waals surface area contributed by atoms with E-state index < -0.39 is 36.3 Å². The average Bonchev–Trinajstić information content (AvgIpc) is 3.20. The Morgan fingerprint density at radius 2 is 1.41 bits per heavy atom. The van der Waals surface area contributed by atoms with Gasteiger partial charge in [0, 0.05) is 25.0 Å². The molecule has 13 heteroatoms. The first-order valence-electron chi connectivity index (χ1n) is 11.5. The van der Waals surface area contributed by atoms with Crippen molar-refractivity contribution in [3.05, 3.63) is 48.0 Å². The highest BCUT2D eigenvalue weighted by molar-refractivity contribution is 6.12. The van der Waals surface area contributed by atoms with Crippen molar-refractivity contribution in [1.82, 2.24) is 20.9 Å². The van der Waals surface area contributed by atoms with Gasteiger partial charge in [0.1, 0.15) is 6.04 Å². The Hall–Kier alpha value is -4.10. The molecule has 37 heavy (non-hydrogen) atoms. The third kappa shape index (κ3) is 11.5. The van der Waals surface area contributed by atoms with Gasteiger partial charge in [0.2, 0.25) is 17.7 Å². The summed E-state index contributed by atoms with van der Waals surface area (Å²) in [4.78, 5) is 70.9. The topological polar surface area (TPSA) is 180 Å². The van der Waals surface area contributed by atoms with Gasteiger partial charge in [-0.1, -0.05) is 30.3 Å². The molecule has 5 amide bonds. The van der Waals surface area contributed by atoms with Crippen LogP contribution in [0.25, 0.3) is 0 Å². The molecule has 0 saturated heterocycles. The van der Waals surface area contributed by atoms with Crippen LogP contribution in [0.1, 0.15) is 12.0 Å². The first-order valence-corrected chi connectivity index (χ1v) is 11.5. The van der Waals surface area contributed by atoms with Gasteiger partial charge in [-0.15, -0.1) is 0 Å². The lowest BCUT2D eigenvalue weighted by Crippen LogP contribution is -2.47. The highest BCUT2D eigenvalue weighted by Crippen LogP contribution is 2.04. The minimum Gasteiger partial charge on any atom is -0.480 e. The van der Waals surface area contributed by atoms with E-state index in [1.165, 1.54) is 12.2 Å². The number of carboxylic acid groups (broad SMARTS) is 1. The maximum absolute atomic E-state index is 12.0. The monoisotopic (exact) mass is 518 g/mol. The molecule has 0 aromatic heterocycles. The Morgan fingerprint density at radius 3 is 2.05 bits per heavy atom. The van der Waals surface area contributed by atoms with Crippen molar-refractivity contribution in [2.75, 3.05) is 46.1 Å². The van der Waals surface area contributed by atoms with E-state index in [4.69, 9.17) is 9.47 Å². The van der Waals surface area contributed by atoms with Crippen LogP contribution in [0.4, 0.5) is 0 Å². The Balaban J connectivity index is 1.49. The van der Waals surface area contributed by atoms with Crippen molar-refractivity contribution >= 4 is 35.5 Å². The number of hydrogen-bond donors (Lipinski definition) is 4. The summed E-state index contributed by atoms with van der Waals surface area (Å²) in [6.07, 6.45) is 2.48. The molecule has 1 atom stereocenters. The van der Waals surface area contributed by atoms with Gasteiger partial charge < -0.3 is 30.5 Å². The smallest absolute Gasteiger partial charge is 0.326 e. The number of amides is 5. The number of benzene rings is 1. The van der Waals surface area contributed by atoms with E-state index in [1.807, 2.05) is 0 Å². The number of carboxylic acids is 1. The van der Waals surface area contributed by atoms with Crippen molar-refractivity contribution in [3.63, 3.8) is 0 Å². The molecule has 0 bridgehead atoms. The minimum atomic E-state index is -1.20. The van der Waals surface area contributed by atoms with Gasteiger partial charge in [0.05, 0.1) is 46.1 Å². The number of aliphatic carboxylic acids is 1. The first-order chi connectivity index (χ1) is 17.8. The van der Waals surface area contributed by atoms with Crippen molar-refractivity contribution in [2.45, 2.75) is 18.9 Å². The molecule has 0 spiro atoms. The fraction of sp³-hybridized carbons (Fsp3) is 0.417. The van der Waals surface area contributed by atoms with E-state index in [0.717, 1.165) is 10.5 Å². The van der Waals surface area contributed by atoms with E-state index in [-0.39, 0.29) is 64.2 Å². The highest BCUT2D eigenvalue weighted by Gasteiger charge is 2.22. The number of carbonyl (C=O) groups excluding carboxylic acids is 5. The van der Waals surface area contributed by atoms with Gasteiger partial charge >= 0.3 is 5.97 Å². The van der Waals surface area contributed by atoms with Crippen LogP contribution in [-0.4, -0.2) is 97.6 Å². The van der Waals surface area contributed by atoms with Crippen LogP contribution >= 0.6 is 0 Å². The maximum atomic E-state index is 12.0. The van der Waals surface area contributed by atoms with Gasteiger partial charge in [0.15, 0.2) is 0 Å². The molecular weight excluding hydrogens is 488 g/mol. The number of ether oxygens (including phenoxy) is 2. The number of nitrogens with zero attached hydrogens (tertiary/aromatic N) is 1. The zero-order valence-corrected chi connectivity index (χ0v) is 20.1. The van der Waals surface area contributed by atoms with E-state index >= 15 is 0 Å². The third-order valence-corrected chi connectivity index (χ3v) is 5.01. The first kappa shape index (κ1) is 29.1. The predicted molar refractivity (Wildman–Crippen MR) is 128 cm³/mol. The molecular formula is C24H30N4O9. The van der Waals surface area contributed by atoms with Crippen LogP contribution < -0.4 is 16.0 Å². The van der Waals surface area contributed by atoms with Gasteiger partial charge in [-0.25, -0.2) is 4.79 Å². The van der Waals surface area contributed by atoms with E-state index in [2.05, 4.69) is 16.0 Å². The molecule has 0 aliphatic carbocycles. The number of carbonyl (C=O) groups is 6. The van der Waals surface area contributed by atoms with Crippen LogP contribution in [0.3, 0.4) is 0 Å². The summed E-state index contributed by atoms with van der Waals surface area (Å²) in [5.74, 6) is -3.67. The molecule has 13 nitrogen and oxygen atoms in total. The lowest BCUT2D eigenvalue weighted by molar-refractivity contribution is -0.141. The Bertz CT molecular complexity index is 979. The maximum Gasteiger partial charge on any atom is 0.326 e. The van der Waals surface area contributed by atoms with Gasteiger partial charge in [-0.2, -0.15) is 0 Å². The lowest BCUT2D eigenvalue weighted by Gasteiger charge is -2.15. The average molecular weight is 519 g/mol. The molecule has 4 N–H and O–H groups in total. The molecule has 1 heterocycles. The Morgan fingerprint density at radius 1 is 0.811 bits per heavy atom. The summed E-state index contributed by atoms with van der Waals surface area (Å²) >= 11 is 0. The van der Waals surface area contributed by atoms with Gasteiger partial charge in [-0.05, 0) is 5.56 Å². The van der Waals surface area contributed by atoms with Crippen LogP contribution in [-0.2, 0) is 44.7 Å². The molecule has 1 aliphatic heterocycles. The van der Waals surface area contributed by atoms with Crippen molar-refractivity contribution < 1.29 is 43.3 Å². The quantitative estimate of drug-likeness (QED) is 0.139. The fourth-order valence-electron chi connectivity index (χ4n) is 3.10. The second-order valence-corrected chi connectivity index (χ2v) is 7.84. The van der Waals surface area contributed by atoms with Crippen LogP contribution in [0.2, 0.25) is 0 Å². The summed E-state index contributed by atoms with van der Waals surface area (Å²) in [5, 5.41) is 16.4.